The molecule has 0 radical (unpaired) electrons. The van der Waals surface area contributed by atoms with Crippen LogP contribution >= 0.6 is 10.7 Å². The fraction of sp³-hybridized carbons (Fsp3) is 0. The number of nitrogens with zero attached hydrogens (tertiary/aromatic N) is 1. The van der Waals surface area contributed by atoms with Gasteiger partial charge in [0, 0.05) is 10.7 Å². The van der Waals surface area contributed by atoms with Gasteiger partial charge in [0.1, 0.15) is 0 Å². The summed E-state index contributed by atoms with van der Waals surface area (Å²) in [5.74, 6) is 0. The van der Waals surface area contributed by atoms with Crippen LogP contribution in [0.25, 0.3) is 0 Å². The summed E-state index contributed by atoms with van der Waals surface area (Å²) in [7, 11) is 0.0903. The zero-order chi connectivity index (χ0) is 5.21. The van der Waals surface area contributed by atoms with Crippen LogP contribution in [-0.4, -0.2) is 8.42 Å². The van der Waals surface area contributed by atoms with Crippen molar-refractivity contribution >= 4 is 19.9 Å². The maximum atomic E-state index is 9.29. The topological polar surface area (TPSA) is 63.6 Å². The van der Waals surface area contributed by atoms with Gasteiger partial charge < -0.3 is 0 Å². The third-order valence-electron chi connectivity index (χ3n) is 0.0890. The second kappa shape index (κ2) is 1.53. The molecule has 0 amide bonds. The quantitative estimate of drug-likeness (QED) is 0.376. The van der Waals surface area contributed by atoms with Gasteiger partial charge in [0.25, 0.3) is 0 Å². The third kappa shape index (κ3) is 3.84. The van der Waals surface area contributed by atoms with Crippen molar-refractivity contribution in [1.29, 1.82) is 0 Å². The Kier molecular flexibility index (Phi) is 1.48. The van der Waals surface area contributed by atoms with E-state index in [-0.39, 0.29) is 0 Å². The van der Waals surface area contributed by atoms with Crippen LogP contribution in [0.3, 0.4) is 0 Å². The lowest BCUT2D eigenvalue weighted by Gasteiger charge is -1.63. The van der Waals surface area contributed by atoms with E-state index in [0.29, 0.717) is 0 Å². The Morgan fingerprint density at radius 2 is 1.67 bits per heavy atom. The van der Waals surface area contributed by atoms with E-state index < -0.39 is 9.24 Å². The van der Waals surface area contributed by atoms with Crippen LogP contribution in [0, 0.1) is 4.91 Å². The molecule has 36 valence electrons. The Bertz CT molecular complexity index is 121. The molecule has 0 atom stereocenters. The van der Waals surface area contributed by atoms with E-state index in [9.17, 15) is 8.42 Å². The zero-order valence-corrected chi connectivity index (χ0v) is 4.03. The largest absolute Gasteiger partial charge is 0.374 e. The molecule has 6 heavy (non-hydrogen) atoms. The van der Waals surface area contributed by atoms with Crippen molar-refractivity contribution in [2.75, 3.05) is 0 Å². The summed E-state index contributed by atoms with van der Waals surface area (Å²) in [5.41, 5.74) is 0. The molecule has 0 spiro atoms. The summed E-state index contributed by atoms with van der Waals surface area (Å²) in [6.07, 6.45) is 0. The molecule has 0 rings (SSSR count). The highest BCUT2D eigenvalue weighted by atomic mass is 35.7. The average Bonchev–Trinajstić information content (AvgIpc) is 1.35. The molecule has 0 aliphatic carbocycles. The molecule has 0 aliphatic rings. The van der Waals surface area contributed by atoms with Crippen LogP contribution in [-0.2, 0) is 9.24 Å². The Morgan fingerprint density at radius 1 is 1.50 bits per heavy atom. The van der Waals surface area contributed by atoms with Gasteiger partial charge in [-0.2, -0.15) is 8.42 Å². The number of rotatable bonds is 1. The normalized spacial score (nSPS) is 10.8. The molecule has 0 saturated heterocycles. The van der Waals surface area contributed by atoms with Gasteiger partial charge in [-0.05, 0) is 0 Å². The lowest BCUT2D eigenvalue weighted by molar-refractivity contribution is 0.611. The Hall–Kier alpha value is -0.160. The molecule has 4 nitrogen and oxygen atoms in total. The first-order valence-electron chi connectivity index (χ1n) is 0.853. The van der Waals surface area contributed by atoms with Gasteiger partial charge in [0.15, 0.2) is 0 Å². The summed E-state index contributed by atoms with van der Waals surface area (Å²) in [6.45, 7) is 0. The molecule has 0 unspecified atom stereocenters. The molecule has 0 aromatic rings. The highest BCUT2D eigenvalue weighted by Crippen LogP contribution is 1.93. The van der Waals surface area contributed by atoms with Crippen LogP contribution < -0.4 is 0 Å². The van der Waals surface area contributed by atoms with Gasteiger partial charge in [0.2, 0.25) is 0 Å². The summed E-state index contributed by atoms with van der Waals surface area (Å²) in [4.78, 5) is 8.86. The van der Waals surface area contributed by atoms with Crippen molar-refractivity contribution in [3.63, 3.8) is 0 Å². The van der Waals surface area contributed by atoms with E-state index >= 15 is 0 Å². The summed E-state index contributed by atoms with van der Waals surface area (Å²) < 4.78 is 20.1. The highest BCUT2D eigenvalue weighted by Gasteiger charge is 1.97. The van der Waals surface area contributed by atoms with Crippen molar-refractivity contribution in [1.82, 2.24) is 0 Å². The van der Waals surface area contributed by atoms with E-state index in [1.165, 1.54) is 4.58 Å². The van der Waals surface area contributed by atoms with Crippen molar-refractivity contribution < 1.29 is 8.42 Å². The minimum absolute atomic E-state index is 1.51. The second-order valence-corrected chi connectivity index (χ2v) is 2.63. The van der Waals surface area contributed by atoms with E-state index in [2.05, 4.69) is 10.7 Å². The molecule has 6 heteroatoms. The van der Waals surface area contributed by atoms with Crippen LogP contribution in [0.2, 0.25) is 0 Å². The SMILES string of the molecule is O=NS(=O)(=O)Cl. The summed E-state index contributed by atoms with van der Waals surface area (Å²) in [6, 6.07) is 0. The lowest BCUT2D eigenvalue weighted by Crippen LogP contribution is -1.74. The number of hydrogen-bond acceptors (Lipinski definition) is 3. The Labute approximate surface area is 38.6 Å². The summed E-state index contributed by atoms with van der Waals surface area (Å²) >= 11 is 0. The lowest BCUT2D eigenvalue weighted by atomic mass is 13.7. The minimum atomic E-state index is -4.12. The van der Waals surface area contributed by atoms with Crippen molar-refractivity contribution in [3.8, 4) is 0 Å². The Morgan fingerprint density at radius 3 is 1.67 bits per heavy atom. The first kappa shape index (κ1) is 5.84. The van der Waals surface area contributed by atoms with Crippen molar-refractivity contribution in [2.45, 2.75) is 0 Å². The van der Waals surface area contributed by atoms with Gasteiger partial charge >= 0.3 is 9.24 Å². The first-order valence-corrected chi connectivity index (χ1v) is 3.12. The first-order chi connectivity index (χ1) is 2.56. The maximum Gasteiger partial charge on any atom is 0.374 e. The van der Waals surface area contributed by atoms with Gasteiger partial charge in [0.05, 0.1) is 4.58 Å². The third-order valence-corrected chi connectivity index (χ3v) is 0.436. The van der Waals surface area contributed by atoms with Crippen LogP contribution in [0.15, 0.2) is 4.58 Å². The van der Waals surface area contributed by atoms with Crippen LogP contribution in [0.4, 0.5) is 0 Å². The predicted molar refractivity (Wildman–Crippen MR) is 20.6 cm³/mol. The second-order valence-electron chi connectivity index (χ2n) is 0.487. The molecule has 0 saturated carbocycles. The van der Waals surface area contributed by atoms with Crippen molar-refractivity contribution in [3.05, 3.63) is 4.91 Å². The molecule has 0 aromatic heterocycles. The van der Waals surface area contributed by atoms with E-state index in [0.717, 1.165) is 0 Å². The minimum Gasteiger partial charge on any atom is -0.184 e. The maximum absolute atomic E-state index is 9.29. The molecule has 0 N–H and O–H groups in total. The van der Waals surface area contributed by atoms with Gasteiger partial charge in [-0.1, -0.05) is 0 Å². The average molecular weight is 130 g/mol. The standard InChI is InChI=1S/ClNO3S/c1-6(4,5)2-3. The zero-order valence-electron chi connectivity index (χ0n) is 2.46. The van der Waals surface area contributed by atoms with Crippen LogP contribution in [0.5, 0.6) is 0 Å². The van der Waals surface area contributed by atoms with Gasteiger partial charge in [-0.25, -0.2) is 0 Å². The number of nitroso groups, excluding NO2 is 1. The molecular weight excluding hydrogens is 130 g/mol. The fourth-order valence-electron chi connectivity index (χ4n) is 0. The molecule has 0 aliphatic heterocycles. The van der Waals surface area contributed by atoms with E-state index in [1.807, 2.05) is 0 Å². The van der Waals surface area contributed by atoms with E-state index in [1.54, 1.807) is 0 Å². The fourth-order valence-corrected chi connectivity index (χ4v) is 0. The van der Waals surface area contributed by atoms with Gasteiger partial charge in [-0.15, -0.1) is 4.91 Å². The smallest absolute Gasteiger partial charge is 0.184 e. The molecule has 0 fully saturated rings. The van der Waals surface area contributed by atoms with E-state index in [4.69, 9.17) is 4.91 Å². The molecular formula is ClNO3S. The van der Waals surface area contributed by atoms with Gasteiger partial charge in [-0.3, -0.25) is 0 Å². The van der Waals surface area contributed by atoms with Crippen LogP contribution in [0.1, 0.15) is 0 Å². The predicted octanol–water partition coefficient (Wildman–Crippen LogP) is 0.236. The summed E-state index contributed by atoms with van der Waals surface area (Å²) in [5, 5.41) is 0. The Balaban J connectivity index is 4.25. The molecule has 0 bridgehead atoms. The molecule has 0 aromatic carbocycles. The monoisotopic (exact) mass is 129 g/mol. The number of halogens is 1. The highest BCUT2D eigenvalue weighted by molar-refractivity contribution is 8.12. The van der Waals surface area contributed by atoms with Crippen molar-refractivity contribution in [2.24, 2.45) is 4.58 Å². The number of hydrogen-bond donors (Lipinski definition) is 0. The molecule has 0 heterocycles.